The minimum Gasteiger partial charge on any atom is -0.319 e. The van der Waals surface area contributed by atoms with Gasteiger partial charge in [0.2, 0.25) is 0 Å². The standard InChI is InChI=1S/C15H18N2/c1-10-7-11(2)9-13(8-10)15(16)14-6-4-5-12(3)17-14/h4-9,15H,16H2,1-3H3. The number of benzene rings is 1. The first-order valence-electron chi connectivity index (χ1n) is 5.83. The lowest BCUT2D eigenvalue weighted by Crippen LogP contribution is -2.14. The van der Waals surface area contributed by atoms with Crippen LogP contribution in [0.5, 0.6) is 0 Å². The second-order valence-electron chi connectivity index (χ2n) is 4.60. The largest absolute Gasteiger partial charge is 0.319 e. The Morgan fingerprint density at radius 3 is 2.24 bits per heavy atom. The molecule has 0 bridgehead atoms. The van der Waals surface area contributed by atoms with Gasteiger partial charge in [-0.25, -0.2) is 0 Å². The zero-order valence-electron chi connectivity index (χ0n) is 10.6. The Hall–Kier alpha value is -1.67. The van der Waals surface area contributed by atoms with E-state index >= 15 is 0 Å². The van der Waals surface area contributed by atoms with Crippen LogP contribution in [-0.4, -0.2) is 4.98 Å². The fraction of sp³-hybridized carbons (Fsp3) is 0.267. The molecule has 0 radical (unpaired) electrons. The Kier molecular flexibility index (Phi) is 3.25. The molecule has 88 valence electrons. The highest BCUT2D eigenvalue weighted by atomic mass is 14.8. The lowest BCUT2D eigenvalue weighted by atomic mass is 9.99. The monoisotopic (exact) mass is 226 g/mol. The maximum Gasteiger partial charge on any atom is 0.0726 e. The summed E-state index contributed by atoms with van der Waals surface area (Å²) in [5, 5.41) is 0. The molecule has 2 rings (SSSR count). The molecule has 2 heteroatoms. The highest BCUT2D eigenvalue weighted by molar-refractivity contribution is 5.34. The van der Waals surface area contributed by atoms with E-state index in [1.807, 2.05) is 25.1 Å². The van der Waals surface area contributed by atoms with Gasteiger partial charge >= 0.3 is 0 Å². The topological polar surface area (TPSA) is 38.9 Å². The van der Waals surface area contributed by atoms with Crippen LogP contribution >= 0.6 is 0 Å². The van der Waals surface area contributed by atoms with E-state index in [0.717, 1.165) is 17.0 Å². The molecule has 0 aliphatic rings. The van der Waals surface area contributed by atoms with Gasteiger partial charge < -0.3 is 5.73 Å². The number of hydrogen-bond acceptors (Lipinski definition) is 2. The third-order valence-electron chi connectivity index (χ3n) is 2.83. The maximum absolute atomic E-state index is 6.26. The summed E-state index contributed by atoms with van der Waals surface area (Å²) in [5.41, 5.74) is 11.8. The van der Waals surface area contributed by atoms with Crippen molar-refractivity contribution in [2.45, 2.75) is 26.8 Å². The van der Waals surface area contributed by atoms with Crippen molar-refractivity contribution in [2.24, 2.45) is 5.73 Å². The van der Waals surface area contributed by atoms with E-state index in [9.17, 15) is 0 Å². The van der Waals surface area contributed by atoms with Gasteiger partial charge in [0.25, 0.3) is 0 Å². The third kappa shape index (κ3) is 2.71. The summed E-state index contributed by atoms with van der Waals surface area (Å²) >= 11 is 0. The van der Waals surface area contributed by atoms with Gasteiger partial charge in [0.15, 0.2) is 0 Å². The number of aryl methyl sites for hydroxylation is 3. The van der Waals surface area contributed by atoms with Crippen LogP contribution < -0.4 is 5.73 Å². The van der Waals surface area contributed by atoms with Gasteiger partial charge in [0.05, 0.1) is 11.7 Å². The molecule has 17 heavy (non-hydrogen) atoms. The number of aromatic nitrogens is 1. The molecule has 1 aromatic carbocycles. The van der Waals surface area contributed by atoms with Crippen molar-refractivity contribution in [3.8, 4) is 0 Å². The Balaban J connectivity index is 2.39. The van der Waals surface area contributed by atoms with E-state index in [4.69, 9.17) is 5.73 Å². The number of nitrogens with two attached hydrogens (primary N) is 1. The van der Waals surface area contributed by atoms with Crippen molar-refractivity contribution in [2.75, 3.05) is 0 Å². The van der Waals surface area contributed by atoms with Gasteiger partial charge in [0, 0.05) is 5.69 Å². The number of nitrogens with zero attached hydrogens (tertiary/aromatic N) is 1. The molecule has 0 aliphatic heterocycles. The summed E-state index contributed by atoms with van der Waals surface area (Å²) < 4.78 is 0. The molecule has 0 aliphatic carbocycles. The maximum atomic E-state index is 6.26. The van der Waals surface area contributed by atoms with Crippen LogP contribution in [0.1, 0.15) is 34.1 Å². The Labute approximate surface area is 103 Å². The summed E-state index contributed by atoms with van der Waals surface area (Å²) in [7, 11) is 0. The van der Waals surface area contributed by atoms with Crippen LogP contribution in [0.4, 0.5) is 0 Å². The van der Waals surface area contributed by atoms with Crippen molar-refractivity contribution in [1.29, 1.82) is 0 Å². The summed E-state index contributed by atoms with van der Waals surface area (Å²) in [6, 6.07) is 12.2. The van der Waals surface area contributed by atoms with Crippen molar-refractivity contribution in [1.82, 2.24) is 4.98 Å². The summed E-state index contributed by atoms with van der Waals surface area (Å²) in [6.07, 6.45) is 0. The lowest BCUT2D eigenvalue weighted by molar-refractivity contribution is 0.819. The first-order chi connectivity index (χ1) is 8.06. The molecular weight excluding hydrogens is 208 g/mol. The fourth-order valence-corrected chi connectivity index (χ4v) is 2.10. The van der Waals surface area contributed by atoms with Crippen LogP contribution in [0.3, 0.4) is 0 Å². The third-order valence-corrected chi connectivity index (χ3v) is 2.83. The zero-order chi connectivity index (χ0) is 12.4. The molecule has 2 aromatic rings. The summed E-state index contributed by atoms with van der Waals surface area (Å²) in [5.74, 6) is 0. The molecule has 0 saturated heterocycles. The summed E-state index contributed by atoms with van der Waals surface area (Å²) in [4.78, 5) is 4.48. The quantitative estimate of drug-likeness (QED) is 0.854. The Bertz CT molecular complexity index is 512. The second kappa shape index (κ2) is 4.68. The van der Waals surface area contributed by atoms with Crippen molar-refractivity contribution in [3.63, 3.8) is 0 Å². The smallest absolute Gasteiger partial charge is 0.0726 e. The van der Waals surface area contributed by atoms with Crippen molar-refractivity contribution < 1.29 is 0 Å². The predicted molar refractivity (Wildman–Crippen MR) is 70.9 cm³/mol. The van der Waals surface area contributed by atoms with Gasteiger partial charge in [0.1, 0.15) is 0 Å². The van der Waals surface area contributed by atoms with Gasteiger partial charge in [-0.3, -0.25) is 4.98 Å². The fourth-order valence-electron chi connectivity index (χ4n) is 2.10. The molecule has 0 spiro atoms. The van der Waals surface area contributed by atoms with Gasteiger partial charge in [-0.15, -0.1) is 0 Å². The van der Waals surface area contributed by atoms with E-state index in [1.165, 1.54) is 11.1 Å². The van der Waals surface area contributed by atoms with Crippen LogP contribution in [0.2, 0.25) is 0 Å². The minimum atomic E-state index is -0.145. The Morgan fingerprint density at radius 1 is 1.00 bits per heavy atom. The van der Waals surface area contributed by atoms with Crippen LogP contribution in [0.15, 0.2) is 36.4 Å². The van der Waals surface area contributed by atoms with E-state index in [-0.39, 0.29) is 6.04 Å². The van der Waals surface area contributed by atoms with Gasteiger partial charge in [-0.05, 0) is 38.5 Å². The average molecular weight is 226 g/mol. The number of hydrogen-bond donors (Lipinski definition) is 1. The molecule has 1 aromatic heterocycles. The molecule has 0 saturated carbocycles. The molecule has 2 N–H and O–H groups in total. The van der Waals surface area contributed by atoms with E-state index in [1.54, 1.807) is 0 Å². The normalized spacial score (nSPS) is 12.5. The molecule has 0 amide bonds. The van der Waals surface area contributed by atoms with Crippen molar-refractivity contribution in [3.05, 3.63) is 64.5 Å². The van der Waals surface area contributed by atoms with E-state index < -0.39 is 0 Å². The molecule has 2 nitrogen and oxygen atoms in total. The number of rotatable bonds is 2. The first-order valence-corrected chi connectivity index (χ1v) is 5.83. The molecule has 1 heterocycles. The first kappa shape index (κ1) is 11.8. The highest BCUT2D eigenvalue weighted by Gasteiger charge is 2.10. The average Bonchev–Trinajstić information content (AvgIpc) is 2.26. The molecule has 0 fully saturated rings. The lowest BCUT2D eigenvalue weighted by Gasteiger charge is -2.13. The number of pyridine rings is 1. The summed E-state index contributed by atoms with van der Waals surface area (Å²) in [6.45, 7) is 6.16. The SMILES string of the molecule is Cc1cc(C)cc(C(N)c2cccc(C)n2)c1. The zero-order valence-corrected chi connectivity index (χ0v) is 10.6. The second-order valence-corrected chi connectivity index (χ2v) is 4.60. The van der Waals surface area contributed by atoms with Gasteiger partial charge in [-0.2, -0.15) is 0 Å². The van der Waals surface area contributed by atoms with E-state index in [0.29, 0.717) is 0 Å². The van der Waals surface area contributed by atoms with Crippen LogP contribution in [-0.2, 0) is 0 Å². The molecule has 1 atom stereocenters. The van der Waals surface area contributed by atoms with Crippen LogP contribution in [0, 0.1) is 20.8 Å². The molecule has 1 unspecified atom stereocenters. The Morgan fingerprint density at radius 2 is 1.65 bits per heavy atom. The predicted octanol–water partition coefficient (Wildman–Crippen LogP) is 3.05. The van der Waals surface area contributed by atoms with Crippen molar-refractivity contribution >= 4 is 0 Å². The molecular formula is C15H18N2. The van der Waals surface area contributed by atoms with Gasteiger partial charge in [-0.1, -0.05) is 35.4 Å². The minimum absolute atomic E-state index is 0.145. The van der Waals surface area contributed by atoms with E-state index in [2.05, 4.69) is 37.0 Å². The van der Waals surface area contributed by atoms with Crippen LogP contribution in [0.25, 0.3) is 0 Å². The highest BCUT2D eigenvalue weighted by Crippen LogP contribution is 2.20.